The second-order valence-corrected chi connectivity index (χ2v) is 10.5. The van der Waals surface area contributed by atoms with E-state index in [1.165, 1.54) is 18.2 Å². The molecule has 192 valence electrons. The standard InChI is InChI=1S/C25H26N6O6/c1-30-9-8-24-21-13-2-5-18(32)22(21)37-23(24)16(6-7-25(24,34)19(30)11-13)27-20(33)12-14-10-15(28-29-26)3-4-17(14)31(35)36/h2-5,10,16,19,23,32,34H,6-9,11-12H2,1H3,(H,27,33)/t16-,19-,23+,24+,25-/m1/s1. The molecule has 2 aromatic rings. The Morgan fingerprint density at radius 2 is 2.19 bits per heavy atom. The molecule has 0 aromatic heterocycles. The van der Waals surface area contributed by atoms with Gasteiger partial charge in [-0.3, -0.25) is 14.9 Å². The van der Waals surface area contributed by atoms with Gasteiger partial charge in [0, 0.05) is 33.8 Å². The van der Waals surface area contributed by atoms with Crippen molar-refractivity contribution in [1.82, 2.24) is 10.2 Å². The molecule has 5 atom stereocenters. The number of nitrogens with one attached hydrogen (secondary N) is 1. The summed E-state index contributed by atoms with van der Waals surface area (Å²) in [5, 5.41) is 40.9. The minimum atomic E-state index is -1.08. The van der Waals surface area contributed by atoms with E-state index in [9.17, 15) is 25.1 Å². The largest absolute Gasteiger partial charge is 0.504 e. The maximum Gasteiger partial charge on any atom is 0.273 e. The number of hydrogen-bond donors (Lipinski definition) is 3. The Labute approximate surface area is 211 Å². The number of azide groups is 1. The van der Waals surface area contributed by atoms with Crippen LogP contribution < -0.4 is 10.1 Å². The molecular formula is C25H26N6O6. The van der Waals surface area contributed by atoms with Crippen LogP contribution in [-0.4, -0.2) is 63.3 Å². The Morgan fingerprint density at radius 3 is 2.95 bits per heavy atom. The molecule has 6 rings (SSSR count). The van der Waals surface area contributed by atoms with Gasteiger partial charge in [-0.05, 0) is 68.6 Å². The third kappa shape index (κ3) is 3.16. The minimum Gasteiger partial charge on any atom is -0.504 e. The van der Waals surface area contributed by atoms with E-state index in [0.29, 0.717) is 31.4 Å². The van der Waals surface area contributed by atoms with Crippen molar-refractivity contribution >= 4 is 17.3 Å². The Kier molecular flexibility index (Phi) is 5.13. The summed E-state index contributed by atoms with van der Waals surface area (Å²) in [6.07, 6.45) is 1.25. The van der Waals surface area contributed by atoms with Crippen LogP contribution in [0.1, 0.15) is 36.0 Å². The number of carbonyl (C=O) groups excluding carboxylic acids is 1. The first-order valence-corrected chi connectivity index (χ1v) is 12.3. The lowest BCUT2D eigenvalue weighted by Gasteiger charge is -2.63. The predicted molar refractivity (Wildman–Crippen MR) is 131 cm³/mol. The maximum absolute atomic E-state index is 13.2. The van der Waals surface area contributed by atoms with Gasteiger partial charge in [-0.2, -0.15) is 0 Å². The predicted octanol–water partition coefficient (Wildman–Crippen LogP) is 2.75. The number of nitro groups is 1. The van der Waals surface area contributed by atoms with Crippen molar-refractivity contribution in [3.05, 3.63) is 67.6 Å². The van der Waals surface area contributed by atoms with Crippen LogP contribution in [0.2, 0.25) is 0 Å². The summed E-state index contributed by atoms with van der Waals surface area (Å²) >= 11 is 0. The quantitative estimate of drug-likeness (QED) is 0.184. The average molecular weight is 507 g/mol. The molecule has 0 unspecified atom stereocenters. The van der Waals surface area contributed by atoms with E-state index >= 15 is 0 Å². The maximum atomic E-state index is 13.2. The molecule has 2 fully saturated rings. The van der Waals surface area contributed by atoms with E-state index in [0.717, 1.165) is 17.7 Å². The topological polar surface area (TPSA) is 174 Å². The zero-order valence-corrected chi connectivity index (χ0v) is 20.1. The van der Waals surface area contributed by atoms with Gasteiger partial charge in [-0.25, -0.2) is 0 Å². The summed E-state index contributed by atoms with van der Waals surface area (Å²) in [5.74, 6) is -0.0575. The summed E-state index contributed by atoms with van der Waals surface area (Å²) in [6, 6.07) is 6.80. The summed E-state index contributed by atoms with van der Waals surface area (Å²) in [4.78, 5) is 29.0. The number of carbonyl (C=O) groups is 1. The van der Waals surface area contributed by atoms with Crippen LogP contribution in [0.4, 0.5) is 11.4 Å². The molecule has 4 aliphatic rings. The molecule has 37 heavy (non-hydrogen) atoms. The van der Waals surface area contributed by atoms with Crippen molar-refractivity contribution in [2.75, 3.05) is 13.6 Å². The molecule has 1 amide bonds. The number of benzene rings is 2. The average Bonchev–Trinajstić information content (AvgIpc) is 3.21. The second kappa shape index (κ2) is 8.07. The van der Waals surface area contributed by atoms with Crippen molar-refractivity contribution in [1.29, 1.82) is 0 Å². The lowest BCUT2D eigenvalue weighted by Crippen LogP contribution is -2.77. The summed E-state index contributed by atoms with van der Waals surface area (Å²) < 4.78 is 6.38. The van der Waals surface area contributed by atoms with E-state index in [2.05, 4.69) is 20.2 Å². The number of phenols is 1. The number of piperidine rings is 1. The number of nitro benzene ring substituents is 1. The highest BCUT2D eigenvalue weighted by atomic mass is 16.6. The van der Waals surface area contributed by atoms with Crippen LogP contribution >= 0.6 is 0 Å². The number of aromatic hydroxyl groups is 1. The normalized spacial score (nSPS) is 31.0. The summed E-state index contributed by atoms with van der Waals surface area (Å²) in [6.45, 7) is 0.737. The van der Waals surface area contributed by atoms with Gasteiger partial charge in [-0.15, -0.1) is 0 Å². The SMILES string of the molecule is CN1CC[C@]23c4c5ccc(O)c4O[C@H]2[C@H](NC(=O)Cc2cc(N=[N+]=[N-])ccc2[N+](=O)[O-])CC[C@@]3(O)[C@H]1C5. The van der Waals surface area contributed by atoms with E-state index in [4.69, 9.17) is 10.3 Å². The molecule has 12 heteroatoms. The van der Waals surface area contributed by atoms with Crippen LogP contribution in [0, 0.1) is 10.1 Å². The zero-order valence-electron chi connectivity index (χ0n) is 20.1. The molecular weight excluding hydrogens is 480 g/mol. The number of ether oxygens (including phenoxy) is 1. The van der Waals surface area contributed by atoms with Crippen LogP contribution in [0.5, 0.6) is 11.5 Å². The summed E-state index contributed by atoms with van der Waals surface area (Å²) in [7, 11) is 2.01. The van der Waals surface area contributed by atoms with Gasteiger partial charge < -0.3 is 25.2 Å². The third-order valence-electron chi connectivity index (χ3n) is 8.85. The first kappa shape index (κ1) is 23.5. The number of aliphatic hydroxyl groups is 1. The highest BCUT2D eigenvalue weighted by Crippen LogP contribution is 2.65. The first-order chi connectivity index (χ1) is 17.7. The Hall–Kier alpha value is -3.86. The molecule has 1 saturated carbocycles. The third-order valence-corrected chi connectivity index (χ3v) is 8.85. The van der Waals surface area contributed by atoms with Gasteiger partial charge in [0.15, 0.2) is 11.5 Å². The number of phenolic OH excluding ortho intramolecular Hbond substituents is 1. The van der Waals surface area contributed by atoms with Crippen LogP contribution in [0.15, 0.2) is 35.4 Å². The molecule has 2 aliphatic heterocycles. The van der Waals surface area contributed by atoms with Crippen molar-refractivity contribution in [3.63, 3.8) is 0 Å². The van der Waals surface area contributed by atoms with E-state index in [1.807, 2.05) is 13.1 Å². The van der Waals surface area contributed by atoms with Crippen LogP contribution in [0.3, 0.4) is 0 Å². The molecule has 2 bridgehead atoms. The first-order valence-electron chi connectivity index (χ1n) is 12.3. The number of nitrogens with zero attached hydrogens (tertiary/aromatic N) is 5. The van der Waals surface area contributed by atoms with E-state index in [1.54, 1.807) is 6.07 Å². The monoisotopic (exact) mass is 506 g/mol. The summed E-state index contributed by atoms with van der Waals surface area (Å²) in [5.41, 5.74) is 8.79. The molecule has 2 aromatic carbocycles. The molecule has 2 heterocycles. The van der Waals surface area contributed by atoms with Crippen molar-refractivity contribution in [3.8, 4) is 11.5 Å². The zero-order chi connectivity index (χ0) is 26.1. The van der Waals surface area contributed by atoms with Crippen molar-refractivity contribution in [2.24, 2.45) is 5.11 Å². The molecule has 0 radical (unpaired) electrons. The fourth-order valence-electron chi connectivity index (χ4n) is 7.34. The van der Waals surface area contributed by atoms with E-state index in [-0.39, 0.29) is 35.2 Å². The van der Waals surface area contributed by atoms with Gasteiger partial charge in [0.25, 0.3) is 5.69 Å². The van der Waals surface area contributed by atoms with Gasteiger partial charge >= 0.3 is 0 Å². The smallest absolute Gasteiger partial charge is 0.273 e. The van der Waals surface area contributed by atoms with Gasteiger partial charge in [0.1, 0.15) is 6.10 Å². The molecule has 2 aliphatic carbocycles. The number of likely N-dealkylation sites (tertiary alicyclic amines) is 1. The van der Waals surface area contributed by atoms with Crippen molar-refractivity contribution < 1.29 is 24.7 Å². The molecule has 1 spiro atoms. The second-order valence-electron chi connectivity index (χ2n) is 10.5. The Morgan fingerprint density at radius 1 is 1.38 bits per heavy atom. The molecule has 12 nitrogen and oxygen atoms in total. The van der Waals surface area contributed by atoms with E-state index < -0.39 is 34.0 Å². The molecule has 1 saturated heterocycles. The van der Waals surface area contributed by atoms with Crippen molar-refractivity contribution in [2.45, 2.75) is 61.3 Å². The number of likely N-dealkylation sites (N-methyl/N-ethyl adjacent to an activating group) is 1. The lowest BCUT2D eigenvalue weighted by atomic mass is 9.48. The van der Waals surface area contributed by atoms with Gasteiger partial charge in [-0.1, -0.05) is 11.2 Å². The van der Waals surface area contributed by atoms with Crippen LogP contribution in [0.25, 0.3) is 10.4 Å². The minimum absolute atomic E-state index is 0.0119. The van der Waals surface area contributed by atoms with Crippen LogP contribution in [-0.2, 0) is 23.1 Å². The number of rotatable bonds is 5. The fraction of sp³-hybridized carbons (Fsp3) is 0.480. The lowest BCUT2D eigenvalue weighted by molar-refractivity contribution is -0.385. The molecule has 3 N–H and O–H groups in total. The number of hydrogen-bond acceptors (Lipinski definition) is 8. The van der Waals surface area contributed by atoms with Gasteiger partial charge in [0.05, 0.1) is 28.4 Å². The highest BCUT2D eigenvalue weighted by Gasteiger charge is 2.72. The van der Waals surface area contributed by atoms with Gasteiger partial charge in [0.2, 0.25) is 5.91 Å². The number of amides is 1. The fourth-order valence-corrected chi connectivity index (χ4v) is 7.34. The Balaban J connectivity index is 1.34. The highest BCUT2D eigenvalue weighted by molar-refractivity contribution is 5.81. The Bertz CT molecular complexity index is 1390.